The van der Waals surface area contributed by atoms with Gasteiger partial charge in [-0.1, -0.05) is 5.92 Å². The fourth-order valence-electron chi connectivity index (χ4n) is 1.31. The van der Waals surface area contributed by atoms with Crippen LogP contribution in [0.5, 0.6) is 5.75 Å². The van der Waals surface area contributed by atoms with Gasteiger partial charge in [0.1, 0.15) is 18.2 Å². The summed E-state index contributed by atoms with van der Waals surface area (Å²) in [5.74, 6) is 2.06. The number of carbonyl (C=O) groups excluding carboxylic acids is 1. The zero-order valence-corrected chi connectivity index (χ0v) is 10.5. The molecule has 0 aliphatic rings. The second-order valence-corrected chi connectivity index (χ2v) is 3.71. The number of aliphatic hydroxyl groups excluding tert-OH is 1. The first-order valence-electron chi connectivity index (χ1n) is 5.57. The third kappa shape index (κ3) is 4.48. The fourth-order valence-corrected chi connectivity index (χ4v) is 1.31. The topological polar surface area (TPSA) is 61.8 Å². The summed E-state index contributed by atoms with van der Waals surface area (Å²) in [4.78, 5) is 13.0. The van der Waals surface area contributed by atoms with Crippen molar-refractivity contribution in [3.63, 3.8) is 0 Å². The Balaban J connectivity index is 2.83. The minimum absolute atomic E-state index is 0.0149. The Morgan fingerprint density at radius 2 is 2.37 bits per heavy atom. The van der Waals surface area contributed by atoms with Gasteiger partial charge in [0.15, 0.2) is 0 Å². The summed E-state index contributed by atoms with van der Waals surface area (Å²) in [5.41, 5.74) is 0.185. The molecule has 0 fully saturated rings. The third-order valence-electron chi connectivity index (χ3n) is 2.28. The standard InChI is InChI=1S/C13H15FN2O3/c1-3-8-19-12-5-4-10(14)9-11(12)15-13(18)16(2)6-7-17/h1,4-5,9,17H,6-8H2,2H3,(H,15,18). The normalized spacial score (nSPS) is 9.58. The van der Waals surface area contributed by atoms with Crippen molar-refractivity contribution < 1.29 is 19.0 Å². The second kappa shape index (κ2) is 7.24. The van der Waals surface area contributed by atoms with Gasteiger partial charge < -0.3 is 20.1 Å². The summed E-state index contributed by atoms with van der Waals surface area (Å²) in [5, 5.41) is 11.2. The number of aliphatic hydroxyl groups is 1. The molecule has 5 nitrogen and oxygen atoms in total. The maximum absolute atomic E-state index is 13.2. The van der Waals surface area contributed by atoms with Crippen molar-refractivity contribution in [1.29, 1.82) is 0 Å². The third-order valence-corrected chi connectivity index (χ3v) is 2.28. The number of terminal acetylenes is 1. The lowest BCUT2D eigenvalue weighted by Crippen LogP contribution is -2.33. The zero-order valence-electron chi connectivity index (χ0n) is 10.5. The number of carbonyl (C=O) groups is 1. The molecular formula is C13H15FN2O3. The molecule has 0 unspecified atom stereocenters. The number of rotatable bonds is 5. The molecule has 0 aliphatic heterocycles. The van der Waals surface area contributed by atoms with Crippen molar-refractivity contribution in [2.75, 3.05) is 32.1 Å². The molecule has 0 aromatic heterocycles. The maximum atomic E-state index is 13.2. The number of likely N-dealkylation sites (N-methyl/N-ethyl adjacent to an activating group) is 1. The maximum Gasteiger partial charge on any atom is 0.321 e. The van der Waals surface area contributed by atoms with Crippen LogP contribution in [0.3, 0.4) is 0 Å². The molecule has 0 saturated carbocycles. The first-order valence-corrected chi connectivity index (χ1v) is 5.57. The number of nitrogens with zero attached hydrogens (tertiary/aromatic N) is 1. The minimum atomic E-state index is -0.506. The van der Waals surface area contributed by atoms with Gasteiger partial charge in [-0.25, -0.2) is 9.18 Å². The van der Waals surface area contributed by atoms with Gasteiger partial charge in [0.05, 0.1) is 12.3 Å². The van der Waals surface area contributed by atoms with E-state index in [9.17, 15) is 9.18 Å². The lowest BCUT2D eigenvalue weighted by atomic mass is 10.3. The van der Waals surface area contributed by atoms with E-state index < -0.39 is 11.8 Å². The second-order valence-electron chi connectivity index (χ2n) is 3.71. The number of urea groups is 1. The van der Waals surface area contributed by atoms with E-state index in [1.807, 2.05) is 0 Å². The number of hydrogen-bond donors (Lipinski definition) is 2. The molecule has 2 amide bonds. The highest BCUT2D eigenvalue weighted by molar-refractivity contribution is 5.90. The molecule has 0 saturated heterocycles. The van der Waals surface area contributed by atoms with Crippen LogP contribution < -0.4 is 10.1 Å². The van der Waals surface area contributed by atoms with Gasteiger partial charge >= 0.3 is 6.03 Å². The number of anilines is 1. The van der Waals surface area contributed by atoms with Crippen molar-refractivity contribution in [3.05, 3.63) is 24.0 Å². The number of hydrogen-bond acceptors (Lipinski definition) is 3. The Bertz CT molecular complexity index is 485. The molecule has 1 rings (SSSR count). The number of halogens is 1. The monoisotopic (exact) mass is 266 g/mol. The van der Waals surface area contributed by atoms with Crippen LogP contribution in [0.1, 0.15) is 0 Å². The molecule has 1 aromatic carbocycles. The summed E-state index contributed by atoms with van der Waals surface area (Å²) >= 11 is 0. The predicted molar refractivity (Wildman–Crippen MR) is 69.5 cm³/mol. The molecule has 0 atom stereocenters. The van der Waals surface area contributed by atoms with Gasteiger partial charge in [0.25, 0.3) is 0 Å². The highest BCUT2D eigenvalue weighted by Gasteiger charge is 2.12. The van der Waals surface area contributed by atoms with Crippen LogP contribution in [-0.2, 0) is 0 Å². The summed E-state index contributed by atoms with van der Waals surface area (Å²) in [6.45, 7) is 0.0240. The molecule has 0 spiro atoms. The smallest absolute Gasteiger partial charge is 0.321 e. The first kappa shape index (κ1) is 14.8. The highest BCUT2D eigenvalue weighted by Crippen LogP contribution is 2.25. The Hall–Kier alpha value is -2.26. The Morgan fingerprint density at radius 1 is 1.63 bits per heavy atom. The Labute approximate surface area is 111 Å². The number of nitrogens with one attached hydrogen (secondary N) is 1. The van der Waals surface area contributed by atoms with E-state index in [4.69, 9.17) is 16.3 Å². The van der Waals surface area contributed by atoms with Crippen LogP contribution in [0.2, 0.25) is 0 Å². The van der Waals surface area contributed by atoms with Gasteiger partial charge in [0, 0.05) is 19.7 Å². The van der Waals surface area contributed by atoms with Gasteiger partial charge in [0.2, 0.25) is 0 Å². The van der Waals surface area contributed by atoms with Crippen LogP contribution in [0, 0.1) is 18.2 Å². The van der Waals surface area contributed by atoms with E-state index in [1.165, 1.54) is 24.1 Å². The molecule has 19 heavy (non-hydrogen) atoms. The molecule has 0 radical (unpaired) electrons. The van der Waals surface area contributed by atoms with Gasteiger partial charge in [-0.2, -0.15) is 0 Å². The molecule has 102 valence electrons. The molecule has 6 heteroatoms. The van der Waals surface area contributed by atoms with E-state index in [0.717, 1.165) is 6.07 Å². The quantitative estimate of drug-likeness (QED) is 0.789. The minimum Gasteiger partial charge on any atom is -0.479 e. The Morgan fingerprint density at radius 3 is 3.00 bits per heavy atom. The average Bonchev–Trinajstić information content (AvgIpc) is 2.38. The SMILES string of the molecule is C#CCOc1ccc(F)cc1NC(=O)N(C)CCO. The van der Waals surface area contributed by atoms with Crippen LogP contribution in [0.15, 0.2) is 18.2 Å². The largest absolute Gasteiger partial charge is 0.479 e. The zero-order chi connectivity index (χ0) is 14.3. The van der Waals surface area contributed by atoms with E-state index in [2.05, 4.69) is 11.2 Å². The molecule has 2 N–H and O–H groups in total. The summed E-state index contributed by atoms with van der Waals surface area (Å²) in [6, 6.07) is 3.24. The number of amides is 2. The van der Waals surface area contributed by atoms with E-state index in [1.54, 1.807) is 0 Å². The number of ether oxygens (including phenoxy) is 1. The van der Waals surface area contributed by atoms with E-state index in [-0.39, 0.29) is 31.2 Å². The molecule has 1 aromatic rings. The van der Waals surface area contributed by atoms with Gasteiger partial charge in [-0.15, -0.1) is 6.42 Å². The van der Waals surface area contributed by atoms with Crippen LogP contribution in [-0.4, -0.2) is 42.8 Å². The lowest BCUT2D eigenvalue weighted by molar-refractivity contribution is 0.202. The molecule has 0 heterocycles. The van der Waals surface area contributed by atoms with Crippen LogP contribution in [0.4, 0.5) is 14.9 Å². The van der Waals surface area contributed by atoms with E-state index >= 15 is 0 Å². The fraction of sp³-hybridized carbons (Fsp3) is 0.308. The van der Waals surface area contributed by atoms with Crippen molar-refractivity contribution in [2.24, 2.45) is 0 Å². The van der Waals surface area contributed by atoms with E-state index in [0.29, 0.717) is 0 Å². The van der Waals surface area contributed by atoms with Crippen LogP contribution in [0.25, 0.3) is 0 Å². The molecule has 0 aliphatic carbocycles. The van der Waals surface area contributed by atoms with Crippen LogP contribution >= 0.6 is 0 Å². The Kier molecular flexibility index (Phi) is 5.64. The van der Waals surface area contributed by atoms with Gasteiger partial charge in [-0.3, -0.25) is 0 Å². The summed E-state index contributed by atoms with van der Waals surface area (Å²) in [7, 11) is 1.51. The average molecular weight is 266 g/mol. The van der Waals surface area contributed by atoms with Crippen molar-refractivity contribution in [2.45, 2.75) is 0 Å². The highest BCUT2D eigenvalue weighted by atomic mass is 19.1. The number of benzene rings is 1. The first-order chi connectivity index (χ1) is 9.08. The molecular weight excluding hydrogens is 251 g/mol. The predicted octanol–water partition coefficient (Wildman–Crippen LogP) is 1.29. The molecule has 0 bridgehead atoms. The van der Waals surface area contributed by atoms with Gasteiger partial charge in [-0.05, 0) is 12.1 Å². The van der Waals surface area contributed by atoms with Crippen molar-refractivity contribution >= 4 is 11.7 Å². The summed E-state index contributed by atoms with van der Waals surface area (Å²) < 4.78 is 18.4. The van der Waals surface area contributed by atoms with Crippen molar-refractivity contribution in [1.82, 2.24) is 4.90 Å². The lowest BCUT2D eigenvalue weighted by Gasteiger charge is -2.18. The van der Waals surface area contributed by atoms with Crippen molar-refractivity contribution in [3.8, 4) is 18.1 Å². The summed E-state index contributed by atoms with van der Waals surface area (Å²) in [6.07, 6.45) is 5.07.